The van der Waals surface area contributed by atoms with E-state index in [2.05, 4.69) is 53.6 Å². The van der Waals surface area contributed by atoms with Crippen molar-refractivity contribution in [3.05, 3.63) is 40.9 Å². The predicted octanol–water partition coefficient (Wildman–Crippen LogP) is 3.93. The van der Waals surface area contributed by atoms with Gasteiger partial charge in [0.1, 0.15) is 5.51 Å². The molecule has 5 heteroatoms. The molecule has 0 aliphatic carbocycles. The molecule has 3 nitrogen and oxygen atoms in total. The van der Waals surface area contributed by atoms with Gasteiger partial charge in [0.25, 0.3) is 0 Å². The van der Waals surface area contributed by atoms with Crippen LogP contribution in [-0.4, -0.2) is 22.5 Å². The van der Waals surface area contributed by atoms with Gasteiger partial charge in [-0.15, -0.1) is 10.2 Å². The normalized spacial score (nSPS) is 12.5. The minimum Gasteiger partial charge on any atom is -0.309 e. The van der Waals surface area contributed by atoms with Gasteiger partial charge in [-0.1, -0.05) is 61.2 Å². The topological polar surface area (TPSA) is 37.8 Å². The third-order valence-corrected chi connectivity index (χ3v) is 5.10. The molecule has 0 saturated heterocycles. The maximum atomic E-state index is 4.09. The molecule has 0 spiro atoms. The first-order valence-electron chi connectivity index (χ1n) is 7.04. The Kier molecular flexibility index (Phi) is 6.50. The molecular formula is C15H21N3S2. The van der Waals surface area contributed by atoms with Crippen molar-refractivity contribution in [2.75, 3.05) is 12.3 Å². The van der Waals surface area contributed by atoms with Crippen LogP contribution >= 0.6 is 23.1 Å². The summed E-state index contributed by atoms with van der Waals surface area (Å²) in [6.07, 6.45) is 2.24. The van der Waals surface area contributed by atoms with Gasteiger partial charge >= 0.3 is 0 Å². The van der Waals surface area contributed by atoms with Crippen LogP contribution in [0.2, 0.25) is 0 Å². The number of aryl methyl sites for hydroxylation is 1. The minimum atomic E-state index is 0.370. The van der Waals surface area contributed by atoms with Crippen LogP contribution in [0.4, 0.5) is 0 Å². The lowest BCUT2D eigenvalue weighted by molar-refractivity contribution is 0.577. The maximum absolute atomic E-state index is 4.09. The van der Waals surface area contributed by atoms with E-state index < -0.39 is 0 Å². The average Bonchev–Trinajstić information content (AvgIpc) is 3.01. The van der Waals surface area contributed by atoms with Gasteiger partial charge in [-0.25, -0.2) is 0 Å². The van der Waals surface area contributed by atoms with Crippen molar-refractivity contribution in [1.82, 2.24) is 15.5 Å². The van der Waals surface area contributed by atoms with Crippen molar-refractivity contribution in [3.8, 4) is 0 Å². The fourth-order valence-electron chi connectivity index (χ4n) is 1.96. The quantitative estimate of drug-likeness (QED) is 0.750. The molecule has 0 amide bonds. The maximum Gasteiger partial charge on any atom is 0.174 e. The van der Waals surface area contributed by atoms with E-state index >= 15 is 0 Å². The van der Waals surface area contributed by atoms with E-state index in [4.69, 9.17) is 0 Å². The van der Waals surface area contributed by atoms with Gasteiger partial charge in [-0.05, 0) is 30.5 Å². The molecule has 1 atom stereocenters. The molecule has 1 aromatic carbocycles. The summed E-state index contributed by atoms with van der Waals surface area (Å²) < 4.78 is 1.04. The van der Waals surface area contributed by atoms with Crippen molar-refractivity contribution in [2.24, 2.45) is 0 Å². The second-order valence-corrected chi connectivity index (χ2v) is 6.72. The van der Waals surface area contributed by atoms with Gasteiger partial charge in [0.15, 0.2) is 4.34 Å². The fraction of sp³-hybridized carbons (Fsp3) is 0.467. The lowest BCUT2D eigenvalue weighted by atomic mass is 10.0. The number of rotatable bonds is 8. The van der Waals surface area contributed by atoms with E-state index in [1.54, 1.807) is 28.6 Å². The van der Waals surface area contributed by atoms with Crippen molar-refractivity contribution in [1.29, 1.82) is 0 Å². The summed E-state index contributed by atoms with van der Waals surface area (Å²) in [4.78, 5) is 0. The molecule has 1 aromatic heterocycles. The first kappa shape index (κ1) is 15.5. The molecule has 0 radical (unpaired) electrons. The third-order valence-electron chi connectivity index (χ3n) is 3.14. The molecule has 0 fully saturated rings. The zero-order chi connectivity index (χ0) is 14.2. The first-order valence-corrected chi connectivity index (χ1v) is 8.91. The monoisotopic (exact) mass is 307 g/mol. The summed E-state index contributed by atoms with van der Waals surface area (Å²) in [6.45, 7) is 5.42. The number of hydrogen-bond donors (Lipinski definition) is 1. The molecule has 1 N–H and O–H groups in total. The van der Waals surface area contributed by atoms with Gasteiger partial charge in [-0.2, -0.15) is 0 Å². The third kappa shape index (κ3) is 4.58. The average molecular weight is 307 g/mol. The molecule has 0 bridgehead atoms. The lowest BCUT2D eigenvalue weighted by Gasteiger charge is -2.18. The first-order chi connectivity index (χ1) is 9.83. The van der Waals surface area contributed by atoms with Crippen LogP contribution in [-0.2, 0) is 6.42 Å². The standard InChI is InChI=1S/C15H21N3S2/c1-3-9-16-14(10-19-15-18-17-11-20-15)13-7-5-12(4-2)6-8-13/h5-8,11,14,16H,3-4,9-10H2,1-2H3. The Hall–Kier alpha value is -0.910. The molecule has 108 valence electrons. The van der Waals surface area contributed by atoms with Crippen LogP contribution < -0.4 is 5.32 Å². The largest absolute Gasteiger partial charge is 0.309 e. The van der Waals surface area contributed by atoms with Gasteiger partial charge in [0.05, 0.1) is 0 Å². The highest BCUT2D eigenvalue weighted by molar-refractivity contribution is 8.01. The summed E-state index contributed by atoms with van der Waals surface area (Å²) >= 11 is 3.38. The second kappa shape index (κ2) is 8.39. The lowest BCUT2D eigenvalue weighted by Crippen LogP contribution is -2.24. The molecule has 1 heterocycles. The van der Waals surface area contributed by atoms with Gasteiger partial charge in [-0.3, -0.25) is 0 Å². The van der Waals surface area contributed by atoms with E-state index in [-0.39, 0.29) is 0 Å². The number of hydrogen-bond acceptors (Lipinski definition) is 5. The number of benzene rings is 1. The Bertz CT molecular complexity index is 482. The zero-order valence-corrected chi connectivity index (χ0v) is 13.6. The van der Waals surface area contributed by atoms with E-state index in [0.717, 1.165) is 29.5 Å². The molecule has 1 unspecified atom stereocenters. The highest BCUT2D eigenvalue weighted by Gasteiger charge is 2.12. The summed E-state index contributed by atoms with van der Waals surface area (Å²) in [6, 6.07) is 9.31. The highest BCUT2D eigenvalue weighted by Crippen LogP contribution is 2.25. The minimum absolute atomic E-state index is 0.370. The Balaban J connectivity index is 2.01. The van der Waals surface area contributed by atoms with Crippen LogP contribution in [0.25, 0.3) is 0 Å². The van der Waals surface area contributed by atoms with Gasteiger partial charge < -0.3 is 5.32 Å². The second-order valence-electron chi connectivity index (χ2n) is 4.62. The van der Waals surface area contributed by atoms with Crippen LogP contribution in [0.1, 0.15) is 37.4 Å². The van der Waals surface area contributed by atoms with E-state index in [1.165, 1.54) is 11.1 Å². The Labute approximate surface area is 129 Å². The van der Waals surface area contributed by atoms with E-state index in [0.29, 0.717) is 6.04 Å². The predicted molar refractivity (Wildman–Crippen MR) is 87.5 cm³/mol. The number of nitrogens with zero attached hydrogens (tertiary/aromatic N) is 2. The summed E-state index contributed by atoms with van der Waals surface area (Å²) in [5, 5.41) is 11.6. The van der Waals surface area contributed by atoms with Gasteiger partial charge in [0.2, 0.25) is 0 Å². The molecule has 20 heavy (non-hydrogen) atoms. The number of aromatic nitrogens is 2. The molecule has 2 rings (SSSR count). The van der Waals surface area contributed by atoms with Crippen LogP contribution in [0, 0.1) is 0 Å². The molecule has 0 saturated carbocycles. The molecular weight excluding hydrogens is 286 g/mol. The van der Waals surface area contributed by atoms with E-state index in [9.17, 15) is 0 Å². The Morgan fingerprint density at radius 2 is 2.05 bits per heavy atom. The smallest absolute Gasteiger partial charge is 0.174 e. The molecule has 0 aliphatic rings. The van der Waals surface area contributed by atoms with Crippen LogP contribution in [0.3, 0.4) is 0 Å². The molecule has 2 aromatic rings. The fourth-order valence-corrected chi connectivity index (χ4v) is 3.57. The van der Waals surface area contributed by atoms with Crippen LogP contribution in [0.5, 0.6) is 0 Å². The highest BCUT2D eigenvalue weighted by atomic mass is 32.2. The molecule has 0 aliphatic heterocycles. The van der Waals surface area contributed by atoms with Crippen molar-refractivity contribution < 1.29 is 0 Å². The Morgan fingerprint density at radius 1 is 1.25 bits per heavy atom. The van der Waals surface area contributed by atoms with Crippen molar-refractivity contribution in [3.63, 3.8) is 0 Å². The summed E-state index contributed by atoms with van der Waals surface area (Å²) in [7, 11) is 0. The number of nitrogens with one attached hydrogen (secondary N) is 1. The SMILES string of the molecule is CCCNC(CSc1nncs1)c1ccc(CC)cc1. The zero-order valence-electron chi connectivity index (χ0n) is 12.0. The van der Waals surface area contributed by atoms with E-state index in [1.807, 2.05) is 0 Å². The summed E-state index contributed by atoms with van der Waals surface area (Å²) in [5.41, 5.74) is 4.53. The van der Waals surface area contributed by atoms with Crippen LogP contribution in [0.15, 0.2) is 34.1 Å². The van der Waals surface area contributed by atoms with Gasteiger partial charge in [0, 0.05) is 11.8 Å². The number of thioether (sulfide) groups is 1. The van der Waals surface area contributed by atoms with Crippen molar-refractivity contribution in [2.45, 2.75) is 37.1 Å². The Morgan fingerprint density at radius 3 is 2.65 bits per heavy atom. The van der Waals surface area contributed by atoms with Crippen molar-refractivity contribution >= 4 is 23.1 Å². The summed E-state index contributed by atoms with van der Waals surface area (Å²) in [5.74, 6) is 0.987.